The summed E-state index contributed by atoms with van der Waals surface area (Å²) in [5.41, 5.74) is 0.453. The van der Waals surface area contributed by atoms with Crippen LogP contribution in [0.3, 0.4) is 0 Å². The number of hydrogen-bond donors (Lipinski definition) is 2. The lowest BCUT2D eigenvalue weighted by Gasteiger charge is -2.21. The highest BCUT2D eigenvalue weighted by molar-refractivity contribution is 5.55. The van der Waals surface area contributed by atoms with Crippen molar-refractivity contribution in [2.45, 2.75) is 13.0 Å². The maximum absolute atomic E-state index is 9.74. The number of aliphatic hydroxyl groups excluding tert-OH is 1. The molecule has 14 heavy (non-hydrogen) atoms. The first-order valence-electron chi connectivity index (χ1n) is 4.49. The van der Waals surface area contributed by atoms with Gasteiger partial charge in [-0.3, -0.25) is 0 Å². The van der Waals surface area contributed by atoms with Crippen LogP contribution in [-0.2, 0) is 0 Å². The van der Waals surface area contributed by atoms with Gasteiger partial charge < -0.3 is 19.7 Å². The van der Waals surface area contributed by atoms with E-state index in [2.05, 4.69) is 0 Å². The van der Waals surface area contributed by atoms with Crippen LogP contribution in [-0.4, -0.2) is 23.4 Å². The van der Waals surface area contributed by atoms with E-state index in [4.69, 9.17) is 9.47 Å². The Morgan fingerprint density at radius 3 is 2.71 bits per heavy atom. The molecule has 0 aromatic heterocycles. The summed E-state index contributed by atoms with van der Waals surface area (Å²) in [7, 11) is 0. The Kier molecular flexibility index (Phi) is 2.21. The molecule has 76 valence electrons. The Balaban J connectivity index is 2.49. The highest BCUT2D eigenvalue weighted by Gasteiger charge is 2.20. The van der Waals surface area contributed by atoms with Crippen LogP contribution in [0.4, 0.5) is 0 Å². The van der Waals surface area contributed by atoms with E-state index in [1.54, 1.807) is 19.1 Å². The predicted octanol–water partition coefficient (Wildman–Crippen LogP) is 1.22. The van der Waals surface area contributed by atoms with Crippen molar-refractivity contribution in [2.24, 2.45) is 0 Å². The van der Waals surface area contributed by atoms with E-state index in [0.717, 1.165) is 0 Å². The molecule has 0 aliphatic carbocycles. The normalized spacial score (nSPS) is 16.4. The first-order chi connectivity index (χ1) is 6.70. The largest absolute Gasteiger partial charge is 0.504 e. The lowest BCUT2D eigenvalue weighted by Crippen LogP contribution is -2.15. The number of fused-ring (bicyclic) bond motifs is 1. The van der Waals surface area contributed by atoms with E-state index >= 15 is 0 Å². The first-order valence-corrected chi connectivity index (χ1v) is 4.49. The molecular weight excluding hydrogens is 184 g/mol. The van der Waals surface area contributed by atoms with Gasteiger partial charge in [0.2, 0.25) is 5.75 Å². The molecule has 1 aliphatic rings. The number of aliphatic hydroxyl groups is 1. The van der Waals surface area contributed by atoms with Gasteiger partial charge in [-0.1, -0.05) is 0 Å². The van der Waals surface area contributed by atoms with Gasteiger partial charge in [0.15, 0.2) is 11.5 Å². The average Bonchev–Trinajstić information content (AvgIpc) is 2.18. The van der Waals surface area contributed by atoms with Gasteiger partial charge in [-0.05, 0) is 19.1 Å². The van der Waals surface area contributed by atoms with E-state index in [1.165, 1.54) is 0 Å². The number of hydrogen-bond acceptors (Lipinski definition) is 4. The molecule has 0 amide bonds. The number of ether oxygens (including phenoxy) is 2. The number of aromatic hydroxyl groups is 1. The highest BCUT2D eigenvalue weighted by atomic mass is 16.6. The smallest absolute Gasteiger partial charge is 0.203 e. The second-order valence-corrected chi connectivity index (χ2v) is 3.20. The van der Waals surface area contributed by atoms with Crippen molar-refractivity contribution in [1.29, 1.82) is 0 Å². The molecule has 2 rings (SSSR count). The first kappa shape index (κ1) is 9.15. The van der Waals surface area contributed by atoms with Crippen LogP contribution in [0.25, 0.3) is 0 Å². The molecule has 0 saturated carbocycles. The summed E-state index contributed by atoms with van der Waals surface area (Å²) in [6.45, 7) is 2.50. The van der Waals surface area contributed by atoms with Gasteiger partial charge in [-0.15, -0.1) is 0 Å². The van der Waals surface area contributed by atoms with Crippen LogP contribution in [0.2, 0.25) is 0 Å². The Hall–Kier alpha value is -1.42. The summed E-state index contributed by atoms with van der Waals surface area (Å²) < 4.78 is 10.5. The average molecular weight is 196 g/mol. The van der Waals surface area contributed by atoms with Crippen molar-refractivity contribution < 1.29 is 19.7 Å². The van der Waals surface area contributed by atoms with Crippen LogP contribution < -0.4 is 9.47 Å². The molecule has 1 heterocycles. The molecule has 1 aromatic carbocycles. The Morgan fingerprint density at radius 2 is 2.00 bits per heavy atom. The maximum atomic E-state index is 9.74. The molecule has 0 spiro atoms. The topological polar surface area (TPSA) is 58.9 Å². The third-order valence-electron chi connectivity index (χ3n) is 2.16. The fraction of sp³-hybridized carbons (Fsp3) is 0.400. The van der Waals surface area contributed by atoms with Crippen LogP contribution in [0.5, 0.6) is 17.2 Å². The molecule has 4 heteroatoms. The molecule has 0 bridgehead atoms. The van der Waals surface area contributed by atoms with Gasteiger partial charge in [0.1, 0.15) is 13.2 Å². The summed E-state index contributed by atoms with van der Waals surface area (Å²) in [6.07, 6.45) is -0.717. The minimum atomic E-state index is -0.717. The minimum Gasteiger partial charge on any atom is -0.504 e. The number of rotatable bonds is 1. The van der Waals surface area contributed by atoms with Gasteiger partial charge >= 0.3 is 0 Å². The van der Waals surface area contributed by atoms with Crippen molar-refractivity contribution in [2.75, 3.05) is 13.2 Å². The quantitative estimate of drug-likeness (QED) is 0.709. The van der Waals surface area contributed by atoms with Gasteiger partial charge in [0, 0.05) is 5.56 Å². The lowest BCUT2D eigenvalue weighted by atomic mass is 10.1. The summed E-state index contributed by atoms with van der Waals surface area (Å²) in [6, 6.07) is 3.32. The second-order valence-electron chi connectivity index (χ2n) is 3.20. The van der Waals surface area contributed by atoms with E-state index in [9.17, 15) is 10.2 Å². The molecule has 2 N–H and O–H groups in total. The van der Waals surface area contributed by atoms with E-state index in [0.29, 0.717) is 30.3 Å². The third kappa shape index (κ3) is 1.37. The summed E-state index contributed by atoms with van der Waals surface area (Å²) in [5.74, 6) is 0.824. The molecule has 1 aromatic rings. The Bertz CT molecular complexity index is 346. The predicted molar refractivity (Wildman–Crippen MR) is 49.7 cm³/mol. The summed E-state index contributed by atoms with van der Waals surface area (Å²) >= 11 is 0. The number of benzene rings is 1. The molecule has 0 fully saturated rings. The number of phenols is 1. The summed E-state index contributed by atoms with van der Waals surface area (Å²) in [5, 5.41) is 19.1. The van der Waals surface area contributed by atoms with E-state index < -0.39 is 6.10 Å². The molecule has 1 unspecified atom stereocenters. The molecule has 0 radical (unpaired) electrons. The standard InChI is InChI=1S/C10H12O4/c1-6(11)7-2-3-8-10(9(7)12)14-5-4-13-8/h2-3,6,11-12H,4-5H2,1H3. The Labute approximate surface area is 81.7 Å². The molecule has 1 aliphatic heterocycles. The van der Waals surface area contributed by atoms with Crippen molar-refractivity contribution in [3.05, 3.63) is 17.7 Å². The monoisotopic (exact) mass is 196 g/mol. The maximum Gasteiger partial charge on any atom is 0.203 e. The van der Waals surface area contributed by atoms with E-state index in [1.807, 2.05) is 0 Å². The van der Waals surface area contributed by atoms with Gasteiger partial charge in [-0.2, -0.15) is 0 Å². The fourth-order valence-corrected chi connectivity index (χ4v) is 1.45. The highest BCUT2D eigenvalue weighted by Crippen LogP contribution is 2.42. The molecule has 1 atom stereocenters. The number of phenolic OH excluding ortho intramolecular Hbond substituents is 1. The van der Waals surface area contributed by atoms with Crippen molar-refractivity contribution >= 4 is 0 Å². The van der Waals surface area contributed by atoms with Gasteiger partial charge in [-0.25, -0.2) is 0 Å². The van der Waals surface area contributed by atoms with Crippen LogP contribution >= 0.6 is 0 Å². The zero-order valence-corrected chi connectivity index (χ0v) is 7.86. The van der Waals surface area contributed by atoms with Crippen LogP contribution in [0, 0.1) is 0 Å². The second kappa shape index (κ2) is 3.38. The van der Waals surface area contributed by atoms with Gasteiger partial charge in [0.25, 0.3) is 0 Å². The zero-order valence-electron chi connectivity index (χ0n) is 7.86. The van der Waals surface area contributed by atoms with Crippen LogP contribution in [0.1, 0.15) is 18.6 Å². The minimum absolute atomic E-state index is 0.0304. The SMILES string of the molecule is CC(O)c1ccc2c(c1O)OCCO2. The molecule has 0 saturated heterocycles. The molecular formula is C10H12O4. The third-order valence-corrected chi connectivity index (χ3v) is 2.16. The van der Waals surface area contributed by atoms with E-state index in [-0.39, 0.29) is 5.75 Å². The molecule has 4 nitrogen and oxygen atoms in total. The van der Waals surface area contributed by atoms with Crippen molar-refractivity contribution in [3.63, 3.8) is 0 Å². The van der Waals surface area contributed by atoms with Gasteiger partial charge in [0.05, 0.1) is 6.10 Å². The van der Waals surface area contributed by atoms with Crippen molar-refractivity contribution in [3.8, 4) is 17.2 Å². The van der Waals surface area contributed by atoms with Crippen LogP contribution in [0.15, 0.2) is 12.1 Å². The van der Waals surface area contributed by atoms with Crippen molar-refractivity contribution in [1.82, 2.24) is 0 Å². The Morgan fingerprint density at radius 1 is 1.29 bits per heavy atom. The zero-order chi connectivity index (χ0) is 10.1. The lowest BCUT2D eigenvalue weighted by molar-refractivity contribution is 0.160. The fourth-order valence-electron chi connectivity index (χ4n) is 1.45. The summed E-state index contributed by atoms with van der Waals surface area (Å²) in [4.78, 5) is 0.